The molecule has 0 bridgehead atoms. The van der Waals surface area contributed by atoms with Crippen LogP contribution in [-0.4, -0.2) is 23.5 Å². The summed E-state index contributed by atoms with van der Waals surface area (Å²) in [7, 11) is 0. The van der Waals surface area contributed by atoms with Gasteiger partial charge in [-0.25, -0.2) is 13.2 Å². The van der Waals surface area contributed by atoms with Crippen molar-refractivity contribution in [3.05, 3.63) is 35.1 Å². The van der Waals surface area contributed by atoms with E-state index in [2.05, 4.69) is 5.32 Å². The van der Waals surface area contributed by atoms with Gasteiger partial charge in [-0.1, -0.05) is 6.92 Å². The summed E-state index contributed by atoms with van der Waals surface area (Å²) in [5, 5.41) is 10.9. The van der Waals surface area contributed by atoms with Gasteiger partial charge in [0.1, 0.15) is 23.0 Å². The summed E-state index contributed by atoms with van der Waals surface area (Å²) in [5.74, 6) is -6.90. The largest absolute Gasteiger partial charge is 0.481 e. The van der Waals surface area contributed by atoms with Crippen molar-refractivity contribution in [1.82, 2.24) is 5.32 Å². The maximum atomic E-state index is 13.3. The molecule has 0 saturated heterocycles. The number of benzene rings is 1. The molecular formula is C12H12F3NO3. The minimum Gasteiger partial charge on any atom is -0.481 e. The van der Waals surface area contributed by atoms with Gasteiger partial charge in [0.25, 0.3) is 5.91 Å². The van der Waals surface area contributed by atoms with Gasteiger partial charge in [0.2, 0.25) is 0 Å². The highest BCUT2D eigenvalue weighted by Gasteiger charge is 2.21. The number of hydrogen-bond acceptors (Lipinski definition) is 2. The highest BCUT2D eigenvalue weighted by atomic mass is 19.1. The van der Waals surface area contributed by atoms with Crippen molar-refractivity contribution in [3.63, 3.8) is 0 Å². The van der Waals surface area contributed by atoms with Gasteiger partial charge in [-0.15, -0.1) is 0 Å². The van der Waals surface area contributed by atoms with Crippen LogP contribution in [-0.2, 0) is 4.79 Å². The average Bonchev–Trinajstić information content (AvgIpc) is 2.27. The number of rotatable bonds is 5. The SMILES string of the molecule is CCC(CNC(=O)c1c(F)cc(F)cc1F)C(=O)O. The Morgan fingerprint density at radius 2 is 1.79 bits per heavy atom. The lowest BCUT2D eigenvalue weighted by Gasteiger charge is -2.11. The second kappa shape index (κ2) is 6.21. The molecule has 4 nitrogen and oxygen atoms in total. The molecule has 0 radical (unpaired) electrons. The Balaban J connectivity index is 2.82. The van der Waals surface area contributed by atoms with Crippen LogP contribution < -0.4 is 5.32 Å². The molecule has 104 valence electrons. The molecule has 0 aliphatic heterocycles. The molecule has 1 aromatic rings. The minimum absolute atomic E-state index is 0.254. The summed E-state index contributed by atoms with van der Waals surface area (Å²) in [6.07, 6.45) is 0.254. The molecule has 0 aliphatic rings. The fraction of sp³-hybridized carbons (Fsp3) is 0.333. The summed E-state index contributed by atoms with van der Waals surface area (Å²) in [6, 6.07) is 0.763. The fourth-order valence-electron chi connectivity index (χ4n) is 1.47. The highest BCUT2D eigenvalue weighted by molar-refractivity contribution is 5.94. The third-order valence-corrected chi connectivity index (χ3v) is 2.59. The van der Waals surface area contributed by atoms with Crippen LogP contribution in [0, 0.1) is 23.4 Å². The molecule has 0 fully saturated rings. The molecule has 0 saturated carbocycles. The standard InChI is InChI=1S/C12H12F3NO3/c1-2-6(12(18)19)5-16-11(17)10-8(14)3-7(13)4-9(10)15/h3-4,6H,2,5H2,1H3,(H,16,17)(H,18,19). The first-order chi connectivity index (χ1) is 8.86. The van der Waals surface area contributed by atoms with Crippen LogP contribution in [0.4, 0.5) is 13.2 Å². The number of amides is 1. The van der Waals surface area contributed by atoms with Gasteiger partial charge in [-0.05, 0) is 6.42 Å². The number of carbonyl (C=O) groups is 2. The van der Waals surface area contributed by atoms with Crippen molar-refractivity contribution in [2.24, 2.45) is 5.92 Å². The van der Waals surface area contributed by atoms with Crippen molar-refractivity contribution >= 4 is 11.9 Å². The van der Waals surface area contributed by atoms with E-state index in [4.69, 9.17) is 5.11 Å². The lowest BCUT2D eigenvalue weighted by atomic mass is 10.1. The first kappa shape index (κ1) is 15.0. The summed E-state index contributed by atoms with van der Waals surface area (Å²) in [6.45, 7) is 1.34. The fourth-order valence-corrected chi connectivity index (χ4v) is 1.47. The molecule has 2 N–H and O–H groups in total. The van der Waals surface area contributed by atoms with Gasteiger partial charge in [0.15, 0.2) is 0 Å². The van der Waals surface area contributed by atoms with E-state index in [9.17, 15) is 22.8 Å². The zero-order chi connectivity index (χ0) is 14.6. The van der Waals surface area contributed by atoms with Crippen LogP contribution >= 0.6 is 0 Å². The van der Waals surface area contributed by atoms with E-state index in [1.165, 1.54) is 0 Å². The van der Waals surface area contributed by atoms with Crippen molar-refractivity contribution in [3.8, 4) is 0 Å². The van der Waals surface area contributed by atoms with Gasteiger partial charge >= 0.3 is 5.97 Å². The maximum Gasteiger partial charge on any atom is 0.308 e. The number of nitrogens with one attached hydrogen (secondary N) is 1. The van der Waals surface area contributed by atoms with Crippen molar-refractivity contribution in [2.75, 3.05) is 6.54 Å². The monoisotopic (exact) mass is 275 g/mol. The van der Waals surface area contributed by atoms with Crippen LogP contribution in [0.2, 0.25) is 0 Å². The Hall–Kier alpha value is -2.05. The van der Waals surface area contributed by atoms with Crippen LogP contribution in [0.25, 0.3) is 0 Å². The van der Waals surface area contributed by atoms with Gasteiger partial charge in [0.05, 0.1) is 5.92 Å². The number of carbonyl (C=O) groups excluding carboxylic acids is 1. The lowest BCUT2D eigenvalue weighted by Crippen LogP contribution is -2.33. The number of carboxylic acid groups (broad SMARTS) is 1. The molecule has 1 amide bonds. The predicted molar refractivity (Wildman–Crippen MR) is 60.1 cm³/mol. The first-order valence-electron chi connectivity index (χ1n) is 5.52. The van der Waals surface area contributed by atoms with Gasteiger partial charge in [0, 0.05) is 18.7 Å². The second-order valence-corrected chi connectivity index (χ2v) is 3.90. The van der Waals surface area contributed by atoms with Gasteiger partial charge in [-0.2, -0.15) is 0 Å². The molecule has 1 atom stereocenters. The van der Waals surface area contributed by atoms with E-state index < -0.39 is 40.8 Å². The molecular weight excluding hydrogens is 263 g/mol. The van der Waals surface area contributed by atoms with Gasteiger partial charge < -0.3 is 10.4 Å². The molecule has 0 heterocycles. The summed E-state index contributed by atoms with van der Waals surface area (Å²) < 4.78 is 39.2. The Bertz CT molecular complexity index is 482. The lowest BCUT2D eigenvalue weighted by molar-refractivity contribution is -0.141. The number of hydrogen-bond donors (Lipinski definition) is 2. The van der Waals surface area contributed by atoms with Crippen molar-refractivity contribution in [1.29, 1.82) is 0 Å². The molecule has 1 rings (SSSR count). The summed E-state index contributed by atoms with van der Waals surface area (Å²) in [4.78, 5) is 22.2. The van der Waals surface area contributed by atoms with E-state index in [0.29, 0.717) is 12.1 Å². The van der Waals surface area contributed by atoms with E-state index in [1.807, 2.05) is 0 Å². The summed E-state index contributed by atoms with van der Waals surface area (Å²) in [5.41, 5.74) is -0.929. The Labute approximate surface area is 107 Å². The molecule has 0 aliphatic carbocycles. The van der Waals surface area contributed by atoms with Crippen LogP contribution in [0.15, 0.2) is 12.1 Å². The normalized spacial score (nSPS) is 12.0. The average molecular weight is 275 g/mol. The smallest absolute Gasteiger partial charge is 0.308 e. The topological polar surface area (TPSA) is 66.4 Å². The van der Waals surface area contributed by atoms with Crippen LogP contribution in [0.3, 0.4) is 0 Å². The highest BCUT2D eigenvalue weighted by Crippen LogP contribution is 2.14. The molecule has 19 heavy (non-hydrogen) atoms. The first-order valence-corrected chi connectivity index (χ1v) is 5.52. The Kier molecular flexibility index (Phi) is 4.91. The molecule has 7 heteroatoms. The van der Waals surface area contributed by atoms with Gasteiger partial charge in [-0.3, -0.25) is 9.59 Å². The van der Waals surface area contributed by atoms with Crippen molar-refractivity contribution < 1.29 is 27.9 Å². The zero-order valence-corrected chi connectivity index (χ0v) is 10.0. The molecule has 0 spiro atoms. The third kappa shape index (κ3) is 3.70. The Morgan fingerprint density at radius 1 is 1.26 bits per heavy atom. The Morgan fingerprint density at radius 3 is 2.21 bits per heavy atom. The maximum absolute atomic E-state index is 13.3. The third-order valence-electron chi connectivity index (χ3n) is 2.59. The quantitative estimate of drug-likeness (QED) is 0.863. The number of halogens is 3. The molecule has 1 unspecified atom stereocenters. The summed E-state index contributed by atoms with van der Waals surface area (Å²) >= 11 is 0. The predicted octanol–water partition coefficient (Wildman–Crippen LogP) is 1.94. The van der Waals surface area contributed by atoms with Crippen LogP contribution in [0.5, 0.6) is 0 Å². The van der Waals surface area contributed by atoms with E-state index in [-0.39, 0.29) is 13.0 Å². The molecule has 0 aromatic heterocycles. The minimum atomic E-state index is -1.33. The van der Waals surface area contributed by atoms with E-state index >= 15 is 0 Å². The second-order valence-electron chi connectivity index (χ2n) is 3.90. The molecule has 1 aromatic carbocycles. The number of carboxylic acids is 1. The van der Waals surface area contributed by atoms with E-state index in [0.717, 1.165) is 0 Å². The van der Waals surface area contributed by atoms with Crippen LogP contribution in [0.1, 0.15) is 23.7 Å². The van der Waals surface area contributed by atoms with Crippen molar-refractivity contribution in [2.45, 2.75) is 13.3 Å². The van der Waals surface area contributed by atoms with E-state index in [1.54, 1.807) is 6.92 Å². The number of aliphatic carboxylic acids is 1. The zero-order valence-electron chi connectivity index (χ0n) is 10.0.